The standard InChI is InChI=1S/C11H15FN2O/c1-13-10-3-2-9(12)8-11(10)14-4-6-15-7-5-14/h2-3,8,13H,4-7H2,1H3. The molecule has 1 aromatic carbocycles. The van der Waals surface area contributed by atoms with E-state index in [-0.39, 0.29) is 5.82 Å². The zero-order chi connectivity index (χ0) is 10.7. The Morgan fingerprint density at radius 1 is 1.33 bits per heavy atom. The van der Waals surface area contributed by atoms with E-state index in [9.17, 15) is 4.39 Å². The lowest BCUT2D eigenvalue weighted by Gasteiger charge is -2.30. The fraction of sp³-hybridized carbons (Fsp3) is 0.455. The predicted molar refractivity (Wildman–Crippen MR) is 59.0 cm³/mol. The zero-order valence-electron chi connectivity index (χ0n) is 8.79. The number of anilines is 2. The van der Waals surface area contributed by atoms with Gasteiger partial charge < -0.3 is 15.0 Å². The molecular formula is C11H15FN2O. The van der Waals surface area contributed by atoms with Crippen LogP contribution in [0.5, 0.6) is 0 Å². The third-order valence-electron chi connectivity index (χ3n) is 2.58. The third kappa shape index (κ3) is 2.21. The van der Waals surface area contributed by atoms with Gasteiger partial charge in [0.05, 0.1) is 24.6 Å². The van der Waals surface area contributed by atoms with Crippen LogP contribution < -0.4 is 10.2 Å². The largest absolute Gasteiger partial charge is 0.386 e. The highest BCUT2D eigenvalue weighted by Crippen LogP contribution is 2.27. The van der Waals surface area contributed by atoms with Gasteiger partial charge in [0.1, 0.15) is 5.82 Å². The van der Waals surface area contributed by atoms with E-state index in [0.717, 1.165) is 24.5 Å². The zero-order valence-corrected chi connectivity index (χ0v) is 8.79. The second-order valence-electron chi connectivity index (χ2n) is 3.51. The van der Waals surface area contributed by atoms with Crippen molar-refractivity contribution in [3.63, 3.8) is 0 Å². The van der Waals surface area contributed by atoms with E-state index >= 15 is 0 Å². The molecule has 0 spiro atoms. The maximum absolute atomic E-state index is 13.2. The molecule has 0 atom stereocenters. The van der Waals surface area contributed by atoms with Crippen LogP contribution in [0.25, 0.3) is 0 Å². The molecule has 2 rings (SSSR count). The van der Waals surface area contributed by atoms with E-state index < -0.39 is 0 Å². The van der Waals surface area contributed by atoms with Crippen molar-refractivity contribution in [2.45, 2.75) is 0 Å². The average molecular weight is 210 g/mol. The van der Waals surface area contributed by atoms with Gasteiger partial charge in [-0.3, -0.25) is 0 Å². The number of ether oxygens (including phenoxy) is 1. The van der Waals surface area contributed by atoms with Crippen molar-refractivity contribution < 1.29 is 9.13 Å². The molecule has 1 heterocycles. The van der Waals surface area contributed by atoms with E-state index in [1.165, 1.54) is 6.07 Å². The molecule has 0 aromatic heterocycles. The van der Waals surface area contributed by atoms with Crippen molar-refractivity contribution >= 4 is 11.4 Å². The van der Waals surface area contributed by atoms with Crippen LogP contribution in [0.1, 0.15) is 0 Å². The molecule has 0 saturated carbocycles. The van der Waals surface area contributed by atoms with E-state index in [2.05, 4.69) is 10.2 Å². The highest BCUT2D eigenvalue weighted by atomic mass is 19.1. The predicted octanol–water partition coefficient (Wildman–Crippen LogP) is 1.70. The van der Waals surface area contributed by atoms with Gasteiger partial charge in [-0.25, -0.2) is 4.39 Å². The summed E-state index contributed by atoms with van der Waals surface area (Å²) in [6.45, 7) is 3.05. The quantitative estimate of drug-likeness (QED) is 0.804. The minimum absolute atomic E-state index is 0.199. The summed E-state index contributed by atoms with van der Waals surface area (Å²) in [7, 11) is 1.84. The minimum atomic E-state index is -0.199. The number of nitrogens with one attached hydrogen (secondary N) is 1. The fourth-order valence-corrected chi connectivity index (χ4v) is 1.78. The summed E-state index contributed by atoms with van der Waals surface area (Å²) in [6, 6.07) is 4.80. The number of morpholine rings is 1. The summed E-state index contributed by atoms with van der Waals surface area (Å²) < 4.78 is 18.4. The van der Waals surface area contributed by atoms with Crippen LogP contribution in [0, 0.1) is 5.82 Å². The number of nitrogens with zero attached hydrogens (tertiary/aromatic N) is 1. The Morgan fingerprint density at radius 2 is 2.07 bits per heavy atom. The van der Waals surface area contributed by atoms with Gasteiger partial charge in [0.2, 0.25) is 0 Å². The van der Waals surface area contributed by atoms with Crippen LogP contribution >= 0.6 is 0 Å². The summed E-state index contributed by atoms with van der Waals surface area (Å²) in [5.41, 5.74) is 1.87. The second kappa shape index (κ2) is 4.49. The number of hydrogen-bond acceptors (Lipinski definition) is 3. The highest BCUT2D eigenvalue weighted by molar-refractivity contribution is 5.70. The Balaban J connectivity index is 2.27. The summed E-state index contributed by atoms with van der Waals surface area (Å²) in [6.07, 6.45) is 0. The molecule has 1 aromatic rings. The second-order valence-corrected chi connectivity index (χ2v) is 3.51. The van der Waals surface area contributed by atoms with E-state index in [1.54, 1.807) is 12.1 Å². The third-order valence-corrected chi connectivity index (χ3v) is 2.58. The lowest BCUT2D eigenvalue weighted by atomic mass is 10.2. The van der Waals surface area contributed by atoms with Crippen molar-refractivity contribution in [3.05, 3.63) is 24.0 Å². The molecule has 0 aliphatic carbocycles. The van der Waals surface area contributed by atoms with Crippen LogP contribution in [0.4, 0.5) is 15.8 Å². The van der Waals surface area contributed by atoms with Crippen molar-refractivity contribution in [1.82, 2.24) is 0 Å². The van der Waals surface area contributed by atoms with E-state index in [1.807, 2.05) is 7.05 Å². The summed E-state index contributed by atoms with van der Waals surface area (Å²) in [5.74, 6) is -0.199. The minimum Gasteiger partial charge on any atom is -0.386 e. The van der Waals surface area contributed by atoms with E-state index in [4.69, 9.17) is 4.74 Å². The molecule has 82 valence electrons. The van der Waals surface area contributed by atoms with Crippen LogP contribution in [0.3, 0.4) is 0 Å². The number of halogens is 1. The molecule has 0 bridgehead atoms. The molecule has 3 nitrogen and oxygen atoms in total. The lowest BCUT2D eigenvalue weighted by Crippen LogP contribution is -2.36. The molecule has 0 radical (unpaired) electrons. The first kappa shape index (κ1) is 10.2. The molecule has 1 saturated heterocycles. The van der Waals surface area contributed by atoms with Crippen molar-refractivity contribution in [3.8, 4) is 0 Å². The Labute approximate surface area is 88.8 Å². The lowest BCUT2D eigenvalue weighted by molar-refractivity contribution is 0.122. The topological polar surface area (TPSA) is 24.5 Å². The molecule has 0 amide bonds. The molecule has 1 fully saturated rings. The maximum Gasteiger partial charge on any atom is 0.125 e. The Bertz CT molecular complexity index is 337. The van der Waals surface area contributed by atoms with Gasteiger partial charge in [-0.05, 0) is 18.2 Å². The highest BCUT2D eigenvalue weighted by Gasteiger charge is 2.14. The number of hydrogen-bond donors (Lipinski definition) is 1. The van der Waals surface area contributed by atoms with Gasteiger partial charge >= 0.3 is 0 Å². The molecule has 1 N–H and O–H groups in total. The van der Waals surface area contributed by atoms with Crippen LogP contribution in [-0.4, -0.2) is 33.4 Å². The first-order valence-corrected chi connectivity index (χ1v) is 5.11. The van der Waals surface area contributed by atoms with Crippen molar-refractivity contribution in [2.24, 2.45) is 0 Å². The molecule has 0 unspecified atom stereocenters. The van der Waals surface area contributed by atoms with Crippen molar-refractivity contribution in [2.75, 3.05) is 43.6 Å². The van der Waals surface area contributed by atoms with Gasteiger partial charge in [0, 0.05) is 20.1 Å². The molecule has 4 heteroatoms. The van der Waals surface area contributed by atoms with Crippen LogP contribution in [0.2, 0.25) is 0 Å². The molecule has 1 aliphatic heterocycles. The summed E-state index contributed by atoms with van der Waals surface area (Å²) in [5, 5.41) is 3.07. The van der Waals surface area contributed by atoms with Gasteiger partial charge in [-0.1, -0.05) is 0 Å². The number of rotatable bonds is 2. The maximum atomic E-state index is 13.2. The van der Waals surface area contributed by atoms with Gasteiger partial charge in [0.25, 0.3) is 0 Å². The molecule has 15 heavy (non-hydrogen) atoms. The normalized spacial score (nSPS) is 16.5. The monoisotopic (exact) mass is 210 g/mol. The van der Waals surface area contributed by atoms with E-state index in [0.29, 0.717) is 13.2 Å². The summed E-state index contributed by atoms with van der Waals surface area (Å²) in [4.78, 5) is 2.14. The van der Waals surface area contributed by atoms with Crippen LogP contribution in [0.15, 0.2) is 18.2 Å². The fourth-order valence-electron chi connectivity index (χ4n) is 1.78. The Morgan fingerprint density at radius 3 is 2.73 bits per heavy atom. The Kier molecular flexibility index (Phi) is 3.06. The first-order chi connectivity index (χ1) is 7.31. The van der Waals surface area contributed by atoms with Gasteiger partial charge in [0.15, 0.2) is 0 Å². The van der Waals surface area contributed by atoms with Gasteiger partial charge in [-0.15, -0.1) is 0 Å². The summed E-state index contributed by atoms with van der Waals surface area (Å²) >= 11 is 0. The smallest absolute Gasteiger partial charge is 0.125 e. The molecule has 1 aliphatic rings. The molecular weight excluding hydrogens is 195 g/mol. The Hall–Kier alpha value is -1.29. The van der Waals surface area contributed by atoms with Gasteiger partial charge in [-0.2, -0.15) is 0 Å². The number of benzene rings is 1. The SMILES string of the molecule is CNc1ccc(F)cc1N1CCOCC1. The van der Waals surface area contributed by atoms with Crippen LogP contribution in [-0.2, 0) is 4.74 Å². The van der Waals surface area contributed by atoms with Crippen molar-refractivity contribution in [1.29, 1.82) is 0 Å². The average Bonchev–Trinajstić information content (AvgIpc) is 2.30. The first-order valence-electron chi connectivity index (χ1n) is 5.11.